The molecule has 0 aromatic rings. The highest BCUT2D eigenvalue weighted by Gasteiger charge is 2.32. The van der Waals surface area contributed by atoms with E-state index in [0.717, 1.165) is 0 Å². The molecule has 14 heteroatoms. The van der Waals surface area contributed by atoms with E-state index in [2.05, 4.69) is 16.0 Å². The number of hydrogen-bond donors (Lipinski definition) is 8. The second-order valence-corrected chi connectivity index (χ2v) is 7.16. The number of aliphatic hydroxyl groups excluding tert-OH is 1. The van der Waals surface area contributed by atoms with Crippen LogP contribution in [0.3, 0.4) is 0 Å². The fraction of sp³-hybridized carbons (Fsp3) is 0.647. The number of carboxylic acid groups (broad SMARTS) is 1. The first kappa shape index (κ1) is 27.7. The summed E-state index contributed by atoms with van der Waals surface area (Å²) in [4.78, 5) is 70.2. The molecule has 0 aromatic heterocycles. The zero-order chi connectivity index (χ0) is 24.3. The standard InChI is InChI=1S/C17H30N6O8/c1-7(2)13(16(29)22-10(6-24)17(30)31)23-15(28)9(3-4-11(19)25)21-14(27)8(18)5-12(20)26/h7-10,13,24H,3-6,18H2,1-2H3,(H2,19,25)(H2,20,26)(H,21,27)(H,22,29)(H,23,28)(H,30,31). The summed E-state index contributed by atoms with van der Waals surface area (Å²) in [5.41, 5.74) is 15.6. The first-order valence-corrected chi connectivity index (χ1v) is 9.37. The van der Waals surface area contributed by atoms with Crippen molar-refractivity contribution in [3.8, 4) is 0 Å². The average molecular weight is 446 g/mol. The van der Waals surface area contributed by atoms with E-state index in [-0.39, 0.29) is 12.8 Å². The van der Waals surface area contributed by atoms with Crippen LogP contribution in [0.1, 0.15) is 33.1 Å². The van der Waals surface area contributed by atoms with Gasteiger partial charge in [-0.2, -0.15) is 0 Å². The van der Waals surface area contributed by atoms with E-state index in [4.69, 9.17) is 27.4 Å². The van der Waals surface area contributed by atoms with Gasteiger partial charge < -0.3 is 43.4 Å². The van der Waals surface area contributed by atoms with E-state index in [1.807, 2.05) is 0 Å². The van der Waals surface area contributed by atoms with E-state index in [9.17, 15) is 28.8 Å². The van der Waals surface area contributed by atoms with Gasteiger partial charge in [-0.25, -0.2) is 4.79 Å². The number of carbonyl (C=O) groups excluding carboxylic acids is 5. The number of nitrogens with two attached hydrogens (primary N) is 3. The number of amides is 5. The van der Waals surface area contributed by atoms with Crippen molar-refractivity contribution < 1.29 is 39.0 Å². The van der Waals surface area contributed by atoms with Crippen LogP contribution in [-0.4, -0.2) is 76.5 Å². The second kappa shape index (κ2) is 13.1. The number of hydrogen-bond acceptors (Lipinski definition) is 8. The molecule has 0 fully saturated rings. The normalized spacial score (nSPS) is 14.6. The maximum absolute atomic E-state index is 12.7. The molecule has 4 atom stereocenters. The summed E-state index contributed by atoms with van der Waals surface area (Å²) in [6.07, 6.45) is -0.991. The summed E-state index contributed by atoms with van der Waals surface area (Å²) in [5.74, 6) is -6.21. The predicted molar refractivity (Wildman–Crippen MR) is 106 cm³/mol. The Morgan fingerprint density at radius 3 is 1.81 bits per heavy atom. The highest BCUT2D eigenvalue weighted by molar-refractivity contribution is 5.95. The van der Waals surface area contributed by atoms with Gasteiger partial charge in [0, 0.05) is 6.42 Å². The van der Waals surface area contributed by atoms with Gasteiger partial charge in [0.05, 0.1) is 19.1 Å². The lowest BCUT2D eigenvalue weighted by Gasteiger charge is -2.26. The first-order valence-electron chi connectivity index (χ1n) is 9.37. The minimum absolute atomic E-state index is 0.225. The molecule has 4 unspecified atom stereocenters. The number of carboxylic acids is 1. The van der Waals surface area contributed by atoms with Gasteiger partial charge in [0.1, 0.15) is 18.1 Å². The van der Waals surface area contributed by atoms with Crippen LogP contribution in [0.2, 0.25) is 0 Å². The van der Waals surface area contributed by atoms with Gasteiger partial charge in [0.25, 0.3) is 0 Å². The van der Waals surface area contributed by atoms with Crippen molar-refractivity contribution >= 4 is 35.5 Å². The molecule has 0 radical (unpaired) electrons. The highest BCUT2D eigenvalue weighted by Crippen LogP contribution is 2.06. The van der Waals surface area contributed by atoms with E-state index in [1.54, 1.807) is 13.8 Å². The molecule has 0 spiro atoms. The van der Waals surface area contributed by atoms with Gasteiger partial charge in [-0.1, -0.05) is 13.8 Å². The SMILES string of the molecule is CC(C)C(NC(=O)C(CCC(N)=O)NC(=O)C(N)CC(N)=O)C(=O)NC(CO)C(=O)O. The Bertz CT molecular complexity index is 698. The average Bonchev–Trinajstić information content (AvgIpc) is 2.65. The van der Waals surface area contributed by atoms with Crippen molar-refractivity contribution in [2.75, 3.05) is 6.61 Å². The summed E-state index contributed by atoms with van der Waals surface area (Å²) >= 11 is 0. The summed E-state index contributed by atoms with van der Waals surface area (Å²) < 4.78 is 0. The number of carbonyl (C=O) groups is 6. The van der Waals surface area contributed by atoms with Crippen LogP contribution in [0.15, 0.2) is 0 Å². The molecule has 31 heavy (non-hydrogen) atoms. The van der Waals surface area contributed by atoms with Crippen LogP contribution >= 0.6 is 0 Å². The minimum Gasteiger partial charge on any atom is -0.480 e. The van der Waals surface area contributed by atoms with Crippen molar-refractivity contribution in [1.82, 2.24) is 16.0 Å². The molecule has 0 aliphatic carbocycles. The lowest BCUT2D eigenvalue weighted by Crippen LogP contribution is -2.59. The van der Waals surface area contributed by atoms with Crippen molar-refractivity contribution in [2.24, 2.45) is 23.1 Å². The number of aliphatic carboxylic acids is 1. The number of rotatable bonds is 14. The number of nitrogens with one attached hydrogen (secondary N) is 3. The second-order valence-electron chi connectivity index (χ2n) is 7.16. The van der Waals surface area contributed by atoms with E-state index >= 15 is 0 Å². The summed E-state index contributed by atoms with van der Waals surface area (Å²) in [5, 5.41) is 24.7. The van der Waals surface area contributed by atoms with Gasteiger partial charge in [0.2, 0.25) is 29.5 Å². The van der Waals surface area contributed by atoms with E-state index < -0.39 is 78.6 Å². The lowest BCUT2D eigenvalue weighted by atomic mass is 10.0. The molecule has 14 nitrogen and oxygen atoms in total. The summed E-state index contributed by atoms with van der Waals surface area (Å²) in [7, 11) is 0. The topological polar surface area (TPSA) is 257 Å². The molecule has 0 aromatic carbocycles. The maximum atomic E-state index is 12.7. The van der Waals surface area contributed by atoms with Gasteiger partial charge in [-0.3, -0.25) is 24.0 Å². The monoisotopic (exact) mass is 446 g/mol. The third-order valence-corrected chi connectivity index (χ3v) is 4.11. The Morgan fingerprint density at radius 1 is 0.839 bits per heavy atom. The lowest BCUT2D eigenvalue weighted by molar-refractivity contribution is -0.143. The minimum atomic E-state index is -1.58. The first-order chi connectivity index (χ1) is 14.3. The van der Waals surface area contributed by atoms with Crippen LogP contribution in [0.5, 0.6) is 0 Å². The van der Waals surface area contributed by atoms with Crippen molar-refractivity contribution in [2.45, 2.75) is 57.3 Å². The molecule has 0 saturated carbocycles. The smallest absolute Gasteiger partial charge is 0.328 e. The van der Waals surface area contributed by atoms with Crippen LogP contribution < -0.4 is 33.2 Å². The molecular formula is C17H30N6O8. The molecule has 0 heterocycles. The molecule has 11 N–H and O–H groups in total. The van der Waals surface area contributed by atoms with Crippen LogP contribution in [-0.2, 0) is 28.8 Å². The van der Waals surface area contributed by atoms with Crippen LogP contribution in [0.25, 0.3) is 0 Å². The van der Waals surface area contributed by atoms with Crippen LogP contribution in [0, 0.1) is 5.92 Å². The molecule has 0 rings (SSSR count). The fourth-order valence-electron chi connectivity index (χ4n) is 2.38. The molecule has 5 amide bonds. The van der Waals surface area contributed by atoms with Crippen molar-refractivity contribution in [3.05, 3.63) is 0 Å². The zero-order valence-corrected chi connectivity index (χ0v) is 17.3. The fourth-order valence-corrected chi connectivity index (χ4v) is 2.38. The summed E-state index contributed by atoms with van der Waals surface area (Å²) in [6.45, 7) is 2.27. The third kappa shape index (κ3) is 10.4. The van der Waals surface area contributed by atoms with Crippen LogP contribution in [0.4, 0.5) is 0 Å². The quantitative estimate of drug-likeness (QED) is 0.128. The van der Waals surface area contributed by atoms with Gasteiger partial charge in [-0.05, 0) is 12.3 Å². The zero-order valence-electron chi connectivity index (χ0n) is 17.3. The Morgan fingerprint density at radius 2 is 1.39 bits per heavy atom. The highest BCUT2D eigenvalue weighted by atomic mass is 16.4. The Kier molecular flexibility index (Phi) is 11.7. The molecule has 176 valence electrons. The van der Waals surface area contributed by atoms with Gasteiger partial charge in [0.15, 0.2) is 0 Å². The van der Waals surface area contributed by atoms with Crippen molar-refractivity contribution in [3.63, 3.8) is 0 Å². The Labute approximate surface area is 178 Å². The van der Waals surface area contributed by atoms with Gasteiger partial charge in [-0.15, -0.1) is 0 Å². The largest absolute Gasteiger partial charge is 0.480 e. The number of primary amides is 2. The van der Waals surface area contributed by atoms with Gasteiger partial charge >= 0.3 is 5.97 Å². The predicted octanol–water partition coefficient (Wildman–Crippen LogP) is -4.36. The number of aliphatic hydroxyl groups is 1. The molecule has 0 bridgehead atoms. The van der Waals surface area contributed by atoms with E-state index in [0.29, 0.717) is 0 Å². The molecule has 0 saturated heterocycles. The van der Waals surface area contributed by atoms with E-state index in [1.165, 1.54) is 0 Å². The molecule has 0 aliphatic heterocycles. The molecule has 0 aliphatic rings. The summed E-state index contributed by atoms with van der Waals surface area (Å²) in [6, 6.07) is -5.48. The molecular weight excluding hydrogens is 416 g/mol. The maximum Gasteiger partial charge on any atom is 0.328 e. The van der Waals surface area contributed by atoms with Crippen molar-refractivity contribution in [1.29, 1.82) is 0 Å². The Balaban J connectivity index is 5.42. The third-order valence-electron chi connectivity index (χ3n) is 4.11. The Hall–Kier alpha value is -3.26.